The van der Waals surface area contributed by atoms with Crippen LogP contribution < -0.4 is 4.74 Å². The van der Waals surface area contributed by atoms with Crippen LogP contribution in [0.15, 0.2) is 11.1 Å². The number of carbonyl (C=O) groups excluding carboxylic acids is 1. The maximum Gasteiger partial charge on any atom is 0.269 e. The lowest BCUT2D eigenvalue weighted by Gasteiger charge is -2.06. The van der Waals surface area contributed by atoms with Gasteiger partial charge < -0.3 is 9.64 Å². The van der Waals surface area contributed by atoms with E-state index in [9.17, 15) is 4.79 Å². The van der Waals surface area contributed by atoms with Crippen molar-refractivity contribution in [3.8, 4) is 5.75 Å². The molecule has 1 aliphatic rings. The predicted octanol–water partition coefficient (Wildman–Crippen LogP) is 2.23. The van der Waals surface area contributed by atoms with Crippen molar-refractivity contribution in [2.45, 2.75) is 13.5 Å². The number of fused-ring (bicyclic) bond motifs is 3. The number of pyridine rings is 1. The standard InChI is InChI=1S/C13H13N3O2S/c1-7-4-9(18-3)10-8-5-14-6-16(2)13(17)11(8)19-12(10)15-7/h4,6H,5H2,1-3H3. The normalized spacial score (nSPS) is 14.7. The molecule has 19 heavy (non-hydrogen) atoms. The molecule has 0 saturated carbocycles. The van der Waals surface area contributed by atoms with Gasteiger partial charge in [-0.1, -0.05) is 0 Å². The first-order chi connectivity index (χ1) is 9.11. The van der Waals surface area contributed by atoms with Gasteiger partial charge in [0.25, 0.3) is 5.91 Å². The second-order valence-electron chi connectivity index (χ2n) is 4.43. The molecule has 2 aromatic rings. The van der Waals surface area contributed by atoms with E-state index in [-0.39, 0.29) is 5.91 Å². The highest BCUT2D eigenvalue weighted by atomic mass is 32.1. The van der Waals surface area contributed by atoms with Gasteiger partial charge in [0.05, 0.1) is 25.4 Å². The minimum absolute atomic E-state index is 0.0426. The molecule has 3 heterocycles. The Kier molecular flexibility index (Phi) is 2.74. The van der Waals surface area contributed by atoms with E-state index in [0.717, 1.165) is 27.2 Å². The van der Waals surface area contributed by atoms with Crippen molar-refractivity contribution in [3.05, 3.63) is 22.2 Å². The summed E-state index contributed by atoms with van der Waals surface area (Å²) in [5.41, 5.74) is 1.79. The summed E-state index contributed by atoms with van der Waals surface area (Å²) in [6.45, 7) is 2.39. The molecular formula is C13H13N3O2S. The Morgan fingerprint density at radius 1 is 1.47 bits per heavy atom. The summed E-state index contributed by atoms with van der Waals surface area (Å²) in [6, 6.07) is 1.89. The number of carbonyl (C=O) groups is 1. The third-order valence-electron chi connectivity index (χ3n) is 3.09. The molecule has 0 spiro atoms. The molecule has 3 rings (SSSR count). The molecule has 0 fully saturated rings. The molecule has 0 aromatic carbocycles. The highest BCUT2D eigenvalue weighted by Gasteiger charge is 2.25. The van der Waals surface area contributed by atoms with Crippen molar-refractivity contribution >= 4 is 33.8 Å². The van der Waals surface area contributed by atoms with E-state index in [2.05, 4.69) is 9.98 Å². The van der Waals surface area contributed by atoms with E-state index in [4.69, 9.17) is 4.74 Å². The second kappa shape index (κ2) is 4.31. The van der Waals surface area contributed by atoms with Gasteiger partial charge in [0.15, 0.2) is 0 Å². The van der Waals surface area contributed by atoms with Crippen LogP contribution in [0, 0.1) is 6.92 Å². The van der Waals surface area contributed by atoms with Crippen LogP contribution >= 0.6 is 11.3 Å². The van der Waals surface area contributed by atoms with Gasteiger partial charge in [-0.2, -0.15) is 0 Å². The zero-order valence-electron chi connectivity index (χ0n) is 10.9. The molecule has 0 aliphatic carbocycles. The number of hydrogen-bond donors (Lipinski definition) is 0. The Morgan fingerprint density at radius 2 is 2.26 bits per heavy atom. The van der Waals surface area contributed by atoms with E-state index in [1.165, 1.54) is 16.2 Å². The van der Waals surface area contributed by atoms with Gasteiger partial charge in [-0.05, 0) is 6.92 Å². The average molecular weight is 275 g/mol. The second-order valence-corrected chi connectivity index (χ2v) is 5.43. The largest absolute Gasteiger partial charge is 0.496 e. The summed E-state index contributed by atoms with van der Waals surface area (Å²) in [5.74, 6) is 0.714. The number of methoxy groups -OCH3 is 1. The van der Waals surface area contributed by atoms with Gasteiger partial charge in [0.2, 0.25) is 0 Å². The summed E-state index contributed by atoms with van der Waals surface area (Å²) >= 11 is 1.41. The third kappa shape index (κ3) is 1.79. The fraction of sp³-hybridized carbons (Fsp3) is 0.308. The van der Waals surface area contributed by atoms with Gasteiger partial charge in [-0.3, -0.25) is 9.79 Å². The minimum atomic E-state index is -0.0426. The van der Waals surface area contributed by atoms with Crippen LogP contribution in [0.3, 0.4) is 0 Å². The SMILES string of the molecule is COc1cc(C)nc2sc3c(c12)CN=CN(C)C3=O. The maximum absolute atomic E-state index is 12.3. The predicted molar refractivity (Wildman–Crippen MR) is 75.2 cm³/mol. The smallest absolute Gasteiger partial charge is 0.269 e. The lowest BCUT2D eigenvalue weighted by molar-refractivity contribution is 0.0880. The topological polar surface area (TPSA) is 54.8 Å². The van der Waals surface area contributed by atoms with Crippen molar-refractivity contribution in [2.75, 3.05) is 14.2 Å². The summed E-state index contributed by atoms with van der Waals surface area (Å²) in [5, 5.41) is 0.911. The third-order valence-corrected chi connectivity index (χ3v) is 4.21. The van der Waals surface area contributed by atoms with Crippen molar-refractivity contribution < 1.29 is 9.53 Å². The number of rotatable bonds is 1. The molecule has 5 nitrogen and oxygen atoms in total. The minimum Gasteiger partial charge on any atom is -0.496 e. The lowest BCUT2D eigenvalue weighted by Crippen LogP contribution is -2.23. The van der Waals surface area contributed by atoms with Crippen molar-refractivity contribution in [2.24, 2.45) is 4.99 Å². The summed E-state index contributed by atoms with van der Waals surface area (Å²) in [7, 11) is 3.34. The van der Waals surface area contributed by atoms with E-state index < -0.39 is 0 Å². The summed E-state index contributed by atoms with van der Waals surface area (Å²) < 4.78 is 5.43. The molecule has 6 heteroatoms. The monoisotopic (exact) mass is 275 g/mol. The van der Waals surface area contributed by atoms with Crippen molar-refractivity contribution in [1.82, 2.24) is 9.88 Å². The molecule has 0 atom stereocenters. The van der Waals surface area contributed by atoms with Crippen LogP contribution in [0.2, 0.25) is 0 Å². The first-order valence-corrected chi connectivity index (χ1v) is 6.67. The number of ether oxygens (including phenoxy) is 1. The van der Waals surface area contributed by atoms with E-state index in [1.54, 1.807) is 20.5 Å². The van der Waals surface area contributed by atoms with Crippen LogP contribution in [0.4, 0.5) is 0 Å². The maximum atomic E-state index is 12.3. The van der Waals surface area contributed by atoms with Crippen molar-refractivity contribution in [3.63, 3.8) is 0 Å². The molecule has 0 N–H and O–H groups in total. The first kappa shape index (κ1) is 12.1. The number of aryl methyl sites for hydroxylation is 1. The van der Waals surface area contributed by atoms with Crippen LogP contribution in [0.5, 0.6) is 5.75 Å². The fourth-order valence-electron chi connectivity index (χ4n) is 2.19. The Labute approximate surface area is 114 Å². The summed E-state index contributed by atoms with van der Waals surface area (Å²) in [6.07, 6.45) is 1.56. The molecule has 2 aromatic heterocycles. The lowest BCUT2D eigenvalue weighted by atomic mass is 10.1. The quantitative estimate of drug-likeness (QED) is 0.802. The zero-order chi connectivity index (χ0) is 13.6. The van der Waals surface area contributed by atoms with Crippen molar-refractivity contribution in [1.29, 1.82) is 0 Å². The number of nitrogens with zero attached hydrogens (tertiary/aromatic N) is 3. The highest BCUT2D eigenvalue weighted by molar-refractivity contribution is 7.20. The zero-order valence-corrected chi connectivity index (χ0v) is 11.7. The highest BCUT2D eigenvalue weighted by Crippen LogP contribution is 2.38. The number of aliphatic imine (C=N–C) groups is 1. The van der Waals surface area contributed by atoms with Gasteiger partial charge >= 0.3 is 0 Å². The van der Waals surface area contributed by atoms with Crippen LogP contribution in [0.1, 0.15) is 20.9 Å². The molecule has 0 saturated heterocycles. The van der Waals surface area contributed by atoms with E-state index in [0.29, 0.717) is 11.4 Å². The van der Waals surface area contributed by atoms with E-state index in [1.807, 2.05) is 13.0 Å². The average Bonchev–Trinajstić information content (AvgIpc) is 2.68. The Hall–Kier alpha value is -1.95. The molecule has 0 radical (unpaired) electrons. The van der Waals surface area contributed by atoms with Gasteiger partial charge in [0.1, 0.15) is 15.5 Å². The molecule has 98 valence electrons. The van der Waals surface area contributed by atoms with Crippen LogP contribution in [0.25, 0.3) is 10.2 Å². The van der Waals surface area contributed by atoms with Crippen LogP contribution in [-0.2, 0) is 6.54 Å². The Morgan fingerprint density at radius 3 is 3.00 bits per heavy atom. The number of thiophene rings is 1. The fourth-order valence-corrected chi connectivity index (χ4v) is 3.42. The first-order valence-electron chi connectivity index (χ1n) is 5.86. The molecule has 0 unspecified atom stereocenters. The molecule has 0 bridgehead atoms. The number of hydrogen-bond acceptors (Lipinski definition) is 5. The molecule has 1 aliphatic heterocycles. The summed E-state index contributed by atoms with van der Waals surface area (Å²) in [4.78, 5) is 24.1. The van der Waals surface area contributed by atoms with Gasteiger partial charge in [-0.15, -0.1) is 11.3 Å². The van der Waals surface area contributed by atoms with E-state index >= 15 is 0 Å². The Balaban J connectivity index is 2.35. The number of amides is 1. The molecular weight excluding hydrogens is 262 g/mol. The van der Waals surface area contributed by atoms with Crippen LogP contribution in [-0.4, -0.2) is 36.3 Å². The molecule has 1 amide bonds. The number of aromatic nitrogens is 1. The Bertz CT molecular complexity index is 705. The van der Waals surface area contributed by atoms with Gasteiger partial charge in [0, 0.05) is 24.4 Å². The van der Waals surface area contributed by atoms with Gasteiger partial charge in [-0.25, -0.2) is 4.98 Å².